The molecule has 5 rings (SSSR count). The molecule has 256 valence electrons. The number of benzene rings is 4. The molecule has 9 nitrogen and oxygen atoms in total. The van der Waals surface area contributed by atoms with Crippen LogP contribution in [0.4, 0.5) is 0 Å². The lowest BCUT2D eigenvalue weighted by molar-refractivity contribution is -0.245. The molecule has 0 aliphatic carbocycles. The number of hydrogen-bond acceptors (Lipinski definition) is 7. The number of carboxylic acids is 2. The predicted octanol–water partition coefficient (Wildman–Crippen LogP) is 7.53. The van der Waals surface area contributed by atoms with Gasteiger partial charge in [-0.1, -0.05) is 85.3 Å². The van der Waals surface area contributed by atoms with Gasteiger partial charge >= 0.3 is 11.9 Å². The Bertz CT molecular complexity index is 1710. The number of aliphatic carboxylic acids is 1. The quantitative estimate of drug-likeness (QED) is 0.0696. The Morgan fingerprint density at radius 1 is 0.755 bits per heavy atom. The summed E-state index contributed by atoms with van der Waals surface area (Å²) in [7, 11) is 0. The monoisotopic (exact) mass is 683 g/mol. The molecular weight excluding hydrogens is 642 g/mol. The van der Waals surface area contributed by atoms with Crippen molar-refractivity contribution in [1.29, 1.82) is 0 Å². The molecule has 0 saturated carbocycles. The molecule has 0 aromatic heterocycles. The molecule has 4 aromatic carbocycles. The molecule has 3 atom stereocenters. The van der Waals surface area contributed by atoms with Gasteiger partial charge in [0.25, 0.3) is 0 Å². The van der Waals surface area contributed by atoms with Crippen molar-refractivity contribution in [2.45, 2.75) is 75.1 Å². The number of ether oxygens (including phenoxy) is 2. The smallest absolute Gasteiger partial charge is 0.336 e. The molecule has 0 spiro atoms. The van der Waals surface area contributed by atoms with Crippen LogP contribution in [0.3, 0.4) is 0 Å². The highest BCUT2D eigenvalue weighted by Crippen LogP contribution is 2.40. The standard InChI is InChI=1S/C39H41NO8S/c41-24-26-13-15-29(16-14-26)34-22-32(25-49-35-10-5-4-9-33(35)38(45)46)47-39(48-34)30-19-17-28(18-20-30)31-8-6-7-27(21-31)23-40-36(42)11-2-1-3-12-37(43)44/h4-10,13-21,32,34,39,41H,1-3,11-12,22-25H2,(H,40,42)(H,43,44)(H,45,46)/t32-,34+,39+/m1/s1. The van der Waals surface area contributed by atoms with Gasteiger partial charge in [0, 0.05) is 42.0 Å². The SMILES string of the molecule is O=C(O)CCCCCC(=O)NCc1cccc(-c2ccc([C@H]3O[C@@H](CSc4ccccc4C(=O)O)C[C@@H](c4ccc(CO)cc4)O3)cc2)c1. The second-order valence-corrected chi connectivity index (χ2v) is 13.1. The van der Waals surface area contributed by atoms with Crippen molar-refractivity contribution in [3.63, 3.8) is 0 Å². The van der Waals surface area contributed by atoms with Gasteiger partial charge in [0.05, 0.1) is 24.4 Å². The molecule has 1 amide bonds. The summed E-state index contributed by atoms with van der Waals surface area (Å²) in [5.41, 5.74) is 5.89. The van der Waals surface area contributed by atoms with Crippen molar-refractivity contribution in [2.75, 3.05) is 5.75 Å². The van der Waals surface area contributed by atoms with Crippen LogP contribution in [0.2, 0.25) is 0 Å². The summed E-state index contributed by atoms with van der Waals surface area (Å²) in [6, 6.07) is 30.7. The van der Waals surface area contributed by atoms with E-state index < -0.39 is 18.2 Å². The lowest BCUT2D eigenvalue weighted by Crippen LogP contribution is -2.31. The summed E-state index contributed by atoms with van der Waals surface area (Å²) >= 11 is 1.46. The molecule has 1 heterocycles. The van der Waals surface area contributed by atoms with Gasteiger partial charge in [0.1, 0.15) is 0 Å². The minimum atomic E-state index is -0.965. The van der Waals surface area contributed by atoms with Crippen molar-refractivity contribution in [1.82, 2.24) is 5.32 Å². The summed E-state index contributed by atoms with van der Waals surface area (Å²) < 4.78 is 13.0. The van der Waals surface area contributed by atoms with E-state index in [-0.39, 0.29) is 36.7 Å². The average Bonchev–Trinajstić information content (AvgIpc) is 3.13. The molecule has 4 N–H and O–H groups in total. The maximum Gasteiger partial charge on any atom is 0.336 e. The first-order valence-corrected chi connectivity index (χ1v) is 17.4. The van der Waals surface area contributed by atoms with Gasteiger partial charge in [-0.15, -0.1) is 11.8 Å². The minimum Gasteiger partial charge on any atom is -0.481 e. The second kappa shape index (κ2) is 17.8. The van der Waals surface area contributed by atoms with E-state index in [2.05, 4.69) is 5.32 Å². The Morgan fingerprint density at radius 3 is 2.22 bits per heavy atom. The molecule has 1 saturated heterocycles. The third kappa shape index (κ3) is 10.5. The Morgan fingerprint density at radius 2 is 1.49 bits per heavy atom. The highest BCUT2D eigenvalue weighted by atomic mass is 32.2. The van der Waals surface area contributed by atoms with Crippen LogP contribution in [0.25, 0.3) is 11.1 Å². The number of carboxylic acid groups (broad SMARTS) is 2. The van der Waals surface area contributed by atoms with Crippen molar-refractivity contribution in [3.8, 4) is 11.1 Å². The maximum atomic E-state index is 12.3. The van der Waals surface area contributed by atoms with Crippen LogP contribution in [0.1, 0.15) is 83.5 Å². The molecule has 10 heteroatoms. The molecule has 1 aliphatic rings. The number of hydrogen-bond donors (Lipinski definition) is 4. The van der Waals surface area contributed by atoms with Crippen molar-refractivity contribution in [3.05, 3.63) is 125 Å². The third-order valence-corrected chi connectivity index (χ3v) is 9.59. The fraction of sp³-hybridized carbons (Fsp3) is 0.308. The summed E-state index contributed by atoms with van der Waals surface area (Å²) in [4.78, 5) is 35.4. The van der Waals surface area contributed by atoms with E-state index in [1.165, 1.54) is 11.8 Å². The van der Waals surface area contributed by atoms with Crippen LogP contribution in [-0.4, -0.2) is 45.0 Å². The maximum absolute atomic E-state index is 12.3. The van der Waals surface area contributed by atoms with E-state index in [1.807, 2.05) is 84.9 Å². The first-order valence-electron chi connectivity index (χ1n) is 16.4. The fourth-order valence-corrected chi connectivity index (χ4v) is 6.76. The molecule has 1 aliphatic heterocycles. The zero-order valence-corrected chi connectivity index (χ0v) is 27.9. The summed E-state index contributed by atoms with van der Waals surface area (Å²) in [6.45, 7) is 0.363. The number of thioether (sulfide) groups is 1. The first kappa shape index (κ1) is 35.8. The van der Waals surface area contributed by atoms with E-state index in [1.54, 1.807) is 12.1 Å². The van der Waals surface area contributed by atoms with Gasteiger partial charge in [-0.25, -0.2) is 4.79 Å². The van der Waals surface area contributed by atoms with Gasteiger partial charge < -0.3 is 30.1 Å². The summed E-state index contributed by atoms with van der Waals surface area (Å²) in [6.07, 6.45) is 1.91. The van der Waals surface area contributed by atoms with Crippen LogP contribution < -0.4 is 5.32 Å². The van der Waals surface area contributed by atoms with Crippen LogP contribution in [-0.2, 0) is 32.2 Å². The summed E-state index contributed by atoms with van der Waals surface area (Å²) in [5, 5.41) is 30.8. The summed E-state index contributed by atoms with van der Waals surface area (Å²) in [5.74, 6) is -1.29. The molecule has 49 heavy (non-hydrogen) atoms. The Hall–Kier alpha value is -4.48. The van der Waals surface area contributed by atoms with Crippen molar-refractivity contribution >= 4 is 29.6 Å². The zero-order chi connectivity index (χ0) is 34.6. The number of unbranched alkanes of at least 4 members (excludes halogenated alkanes) is 2. The number of aliphatic hydroxyl groups is 1. The van der Waals surface area contributed by atoms with Gasteiger partial charge in [0.2, 0.25) is 5.91 Å². The molecule has 4 aromatic rings. The number of aromatic carboxylic acids is 1. The topological polar surface area (TPSA) is 142 Å². The van der Waals surface area contributed by atoms with Gasteiger partial charge in [-0.2, -0.15) is 0 Å². The van der Waals surface area contributed by atoms with E-state index in [4.69, 9.17) is 14.6 Å². The van der Waals surface area contributed by atoms with E-state index >= 15 is 0 Å². The minimum absolute atomic E-state index is 0.0404. The largest absolute Gasteiger partial charge is 0.481 e. The third-order valence-electron chi connectivity index (χ3n) is 8.38. The fourth-order valence-electron chi connectivity index (χ4n) is 5.70. The molecule has 0 unspecified atom stereocenters. The second-order valence-electron chi connectivity index (χ2n) is 12.0. The number of rotatable bonds is 16. The molecule has 0 radical (unpaired) electrons. The van der Waals surface area contributed by atoms with E-state index in [0.717, 1.165) is 33.4 Å². The predicted molar refractivity (Wildman–Crippen MR) is 187 cm³/mol. The number of amides is 1. The number of aliphatic hydroxyl groups excluding tert-OH is 1. The lowest BCUT2D eigenvalue weighted by atomic mass is 9.99. The average molecular weight is 684 g/mol. The van der Waals surface area contributed by atoms with E-state index in [9.17, 15) is 24.6 Å². The Balaban J connectivity index is 1.24. The van der Waals surface area contributed by atoms with Crippen molar-refractivity contribution < 1.29 is 39.2 Å². The molecular formula is C39H41NO8S. The number of nitrogens with one attached hydrogen (secondary N) is 1. The van der Waals surface area contributed by atoms with Crippen LogP contribution in [0.15, 0.2) is 102 Å². The molecule has 1 fully saturated rings. The zero-order valence-electron chi connectivity index (χ0n) is 27.1. The van der Waals surface area contributed by atoms with Crippen LogP contribution >= 0.6 is 11.8 Å². The number of carbonyl (C=O) groups excluding carboxylic acids is 1. The van der Waals surface area contributed by atoms with E-state index in [0.29, 0.717) is 49.3 Å². The number of carbonyl (C=O) groups is 3. The van der Waals surface area contributed by atoms with Crippen LogP contribution in [0.5, 0.6) is 0 Å². The van der Waals surface area contributed by atoms with Gasteiger partial charge in [-0.3, -0.25) is 9.59 Å². The Kier molecular flexibility index (Phi) is 13.0. The van der Waals surface area contributed by atoms with Crippen molar-refractivity contribution in [2.24, 2.45) is 0 Å². The highest BCUT2D eigenvalue weighted by Gasteiger charge is 2.32. The lowest BCUT2D eigenvalue weighted by Gasteiger charge is -2.36. The van der Waals surface area contributed by atoms with Gasteiger partial charge in [-0.05, 0) is 58.9 Å². The first-order chi connectivity index (χ1) is 23.8. The molecule has 0 bridgehead atoms. The van der Waals surface area contributed by atoms with Crippen LogP contribution in [0, 0.1) is 0 Å². The van der Waals surface area contributed by atoms with Gasteiger partial charge in [0.15, 0.2) is 6.29 Å². The highest BCUT2D eigenvalue weighted by molar-refractivity contribution is 7.99. The Labute approximate surface area is 290 Å². The normalized spacial score (nSPS) is 17.4.